The predicted molar refractivity (Wildman–Crippen MR) is 142 cm³/mol. The molecule has 0 saturated heterocycles. The fourth-order valence-corrected chi connectivity index (χ4v) is 4.51. The third-order valence-corrected chi connectivity index (χ3v) is 6.19. The molecule has 6 nitrogen and oxygen atoms in total. The number of rotatable bonds is 6. The van der Waals surface area contributed by atoms with E-state index in [4.69, 9.17) is 13.6 Å². The van der Waals surface area contributed by atoms with Crippen LogP contribution in [0.4, 0.5) is 0 Å². The number of nitrogens with zero attached hydrogens (tertiary/aromatic N) is 2. The molecule has 0 aliphatic rings. The summed E-state index contributed by atoms with van der Waals surface area (Å²) >= 11 is 0. The summed E-state index contributed by atoms with van der Waals surface area (Å²) in [6.07, 6.45) is 0.270. The molecular weight excluding hydrogens is 464 g/mol. The Labute approximate surface area is 212 Å². The SMILES string of the molecule is COc1cc2c(-c3ccccc3)c(-c3ccccc3)oc2cc1Cc1nc(-c2ccccc2)oc(=O)n1. The lowest BCUT2D eigenvalue weighted by Gasteiger charge is -2.09. The Morgan fingerprint density at radius 3 is 2.00 bits per heavy atom. The van der Waals surface area contributed by atoms with Crippen molar-refractivity contribution in [3.8, 4) is 39.7 Å². The van der Waals surface area contributed by atoms with Crippen LogP contribution in [0.15, 0.2) is 117 Å². The van der Waals surface area contributed by atoms with Crippen LogP contribution in [0.1, 0.15) is 11.4 Å². The summed E-state index contributed by atoms with van der Waals surface area (Å²) in [5, 5.41) is 0.934. The van der Waals surface area contributed by atoms with E-state index in [1.54, 1.807) is 7.11 Å². The van der Waals surface area contributed by atoms with Crippen molar-refractivity contribution < 1.29 is 13.6 Å². The molecule has 0 bridgehead atoms. The highest BCUT2D eigenvalue weighted by atomic mass is 16.5. The second-order valence-corrected chi connectivity index (χ2v) is 8.55. The van der Waals surface area contributed by atoms with Crippen molar-refractivity contribution >= 4 is 11.0 Å². The summed E-state index contributed by atoms with van der Waals surface area (Å²) in [6.45, 7) is 0. The molecule has 0 amide bonds. The van der Waals surface area contributed by atoms with Crippen LogP contribution in [-0.4, -0.2) is 17.1 Å². The number of ether oxygens (including phenoxy) is 1. The maximum absolute atomic E-state index is 12.2. The molecule has 2 aromatic heterocycles. The number of benzene rings is 4. The van der Waals surface area contributed by atoms with Crippen molar-refractivity contribution in [2.24, 2.45) is 0 Å². The van der Waals surface area contributed by atoms with E-state index in [9.17, 15) is 4.79 Å². The van der Waals surface area contributed by atoms with Crippen molar-refractivity contribution in [2.45, 2.75) is 6.42 Å². The number of methoxy groups -OCH3 is 1. The Balaban J connectivity index is 1.49. The predicted octanol–water partition coefficient (Wildman–Crippen LogP) is 6.78. The van der Waals surface area contributed by atoms with Gasteiger partial charge in [0.1, 0.15) is 22.9 Å². The lowest BCUT2D eigenvalue weighted by atomic mass is 9.97. The van der Waals surface area contributed by atoms with Gasteiger partial charge in [-0.3, -0.25) is 0 Å². The van der Waals surface area contributed by atoms with Crippen LogP contribution in [0.3, 0.4) is 0 Å². The highest BCUT2D eigenvalue weighted by Crippen LogP contribution is 2.43. The van der Waals surface area contributed by atoms with E-state index in [0.29, 0.717) is 22.7 Å². The molecular formula is C31H22N2O4. The maximum Gasteiger partial charge on any atom is 0.442 e. The molecule has 2 heterocycles. The summed E-state index contributed by atoms with van der Waals surface area (Å²) in [7, 11) is 1.63. The Morgan fingerprint density at radius 2 is 1.35 bits per heavy atom. The van der Waals surface area contributed by atoms with Gasteiger partial charge in [-0.2, -0.15) is 9.97 Å². The van der Waals surface area contributed by atoms with Gasteiger partial charge in [-0.15, -0.1) is 0 Å². The van der Waals surface area contributed by atoms with E-state index in [-0.39, 0.29) is 12.3 Å². The lowest BCUT2D eigenvalue weighted by Crippen LogP contribution is -2.12. The molecule has 4 aromatic carbocycles. The quantitative estimate of drug-likeness (QED) is 0.258. The third-order valence-electron chi connectivity index (χ3n) is 6.19. The summed E-state index contributed by atoms with van der Waals surface area (Å²) in [6, 6.07) is 33.4. The van der Waals surface area contributed by atoms with Crippen LogP contribution in [0, 0.1) is 0 Å². The van der Waals surface area contributed by atoms with Gasteiger partial charge in [0.2, 0.25) is 5.89 Å². The Morgan fingerprint density at radius 1 is 0.730 bits per heavy atom. The Bertz CT molecular complexity index is 1740. The Kier molecular flexibility index (Phi) is 5.83. The Hall–Kier alpha value is -4.97. The minimum Gasteiger partial charge on any atom is -0.496 e. The summed E-state index contributed by atoms with van der Waals surface area (Å²) in [5.74, 6) is 1.31. The van der Waals surface area contributed by atoms with Crippen molar-refractivity contribution in [3.05, 3.63) is 125 Å². The molecule has 0 N–H and O–H groups in total. The van der Waals surface area contributed by atoms with Gasteiger partial charge < -0.3 is 13.6 Å². The van der Waals surface area contributed by atoms with E-state index in [2.05, 4.69) is 22.1 Å². The van der Waals surface area contributed by atoms with Crippen LogP contribution in [0.25, 0.3) is 44.9 Å². The second-order valence-electron chi connectivity index (χ2n) is 8.55. The van der Waals surface area contributed by atoms with E-state index in [1.807, 2.05) is 91.0 Å². The van der Waals surface area contributed by atoms with Gasteiger partial charge in [0.05, 0.1) is 7.11 Å². The number of fused-ring (bicyclic) bond motifs is 1. The van der Waals surface area contributed by atoms with Gasteiger partial charge in [-0.05, 0) is 29.8 Å². The first-order valence-corrected chi connectivity index (χ1v) is 11.9. The van der Waals surface area contributed by atoms with E-state index >= 15 is 0 Å². The molecule has 37 heavy (non-hydrogen) atoms. The van der Waals surface area contributed by atoms with Gasteiger partial charge in [0.15, 0.2) is 0 Å². The molecule has 0 atom stereocenters. The zero-order valence-electron chi connectivity index (χ0n) is 20.0. The first-order chi connectivity index (χ1) is 18.2. The van der Waals surface area contributed by atoms with Crippen LogP contribution >= 0.6 is 0 Å². The fourth-order valence-electron chi connectivity index (χ4n) is 4.51. The molecule has 0 unspecified atom stereocenters. The van der Waals surface area contributed by atoms with Crippen molar-refractivity contribution in [1.29, 1.82) is 0 Å². The first-order valence-electron chi connectivity index (χ1n) is 11.9. The standard InChI is InChI=1S/C31H22N2O4/c1-35-25-19-24-26(36-29(21-13-7-3-8-14-21)28(24)20-11-5-2-6-12-20)17-23(25)18-27-32-30(37-31(34)33-27)22-15-9-4-10-16-22/h2-17,19H,18H2,1H3. The van der Waals surface area contributed by atoms with Gasteiger partial charge >= 0.3 is 5.76 Å². The van der Waals surface area contributed by atoms with Crippen molar-refractivity contribution in [1.82, 2.24) is 9.97 Å². The molecule has 180 valence electrons. The summed E-state index contributed by atoms with van der Waals surface area (Å²) in [5.41, 5.74) is 5.24. The minimum absolute atomic E-state index is 0.228. The molecule has 0 aliphatic carbocycles. The lowest BCUT2D eigenvalue weighted by molar-refractivity contribution is 0.410. The van der Waals surface area contributed by atoms with Crippen molar-refractivity contribution in [3.63, 3.8) is 0 Å². The van der Waals surface area contributed by atoms with Gasteiger partial charge in [-0.1, -0.05) is 78.9 Å². The molecule has 6 heteroatoms. The number of hydrogen-bond acceptors (Lipinski definition) is 6. The zero-order valence-corrected chi connectivity index (χ0v) is 20.0. The van der Waals surface area contributed by atoms with Crippen LogP contribution < -0.4 is 10.5 Å². The van der Waals surface area contributed by atoms with Gasteiger partial charge in [0, 0.05) is 34.1 Å². The van der Waals surface area contributed by atoms with Crippen LogP contribution in [-0.2, 0) is 6.42 Å². The third kappa shape index (κ3) is 4.41. The molecule has 0 radical (unpaired) electrons. The average Bonchev–Trinajstić information content (AvgIpc) is 3.32. The number of aromatic nitrogens is 2. The zero-order chi connectivity index (χ0) is 25.2. The molecule has 6 rings (SSSR count). The summed E-state index contributed by atoms with van der Waals surface area (Å²) in [4.78, 5) is 20.8. The topological polar surface area (TPSA) is 78.4 Å². The average molecular weight is 487 g/mol. The second kappa shape index (κ2) is 9.59. The van der Waals surface area contributed by atoms with E-state index in [0.717, 1.165) is 33.4 Å². The number of hydrogen-bond donors (Lipinski definition) is 0. The fraction of sp³-hybridized carbons (Fsp3) is 0.0645. The molecule has 0 saturated carbocycles. The molecule has 0 spiro atoms. The maximum atomic E-state index is 12.2. The smallest absolute Gasteiger partial charge is 0.442 e. The van der Waals surface area contributed by atoms with Gasteiger partial charge in [-0.25, -0.2) is 4.79 Å². The molecule has 0 fully saturated rings. The monoisotopic (exact) mass is 486 g/mol. The van der Waals surface area contributed by atoms with Crippen molar-refractivity contribution in [2.75, 3.05) is 7.11 Å². The highest BCUT2D eigenvalue weighted by Gasteiger charge is 2.21. The van der Waals surface area contributed by atoms with Gasteiger partial charge in [0.25, 0.3) is 0 Å². The van der Waals surface area contributed by atoms with Crippen LogP contribution in [0.5, 0.6) is 5.75 Å². The normalized spacial score (nSPS) is 11.1. The molecule has 6 aromatic rings. The summed E-state index contributed by atoms with van der Waals surface area (Å²) < 4.78 is 17.5. The van der Waals surface area contributed by atoms with Crippen LogP contribution in [0.2, 0.25) is 0 Å². The largest absolute Gasteiger partial charge is 0.496 e. The van der Waals surface area contributed by atoms with E-state index < -0.39 is 5.76 Å². The first kappa shape index (κ1) is 22.5. The number of furan rings is 1. The minimum atomic E-state index is -0.695. The van der Waals surface area contributed by atoms with E-state index in [1.165, 1.54) is 0 Å². The highest BCUT2D eigenvalue weighted by molar-refractivity contribution is 6.02. The molecule has 0 aliphatic heterocycles.